The number of hydrogen-bond acceptors (Lipinski definition) is 4. The minimum atomic E-state index is -0.529. The molecule has 0 atom stereocenters. The molecule has 0 aliphatic heterocycles. The van der Waals surface area contributed by atoms with E-state index < -0.39 is 5.75 Å². The third-order valence-corrected chi connectivity index (χ3v) is 2.76. The van der Waals surface area contributed by atoms with Crippen molar-refractivity contribution in [3.05, 3.63) is 23.3 Å². The van der Waals surface area contributed by atoms with Crippen molar-refractivity contribution in [1.29, 1.82) is 0 Å². The molecular formula is C12H12O4. The molecule has 4 N–H and O–H groups in total. The summed E-state index contributed by atoms with van der Waals surface area (Å²) in [7, 11) is 0. The molecule has 0 fully saturated rings. The van der Waals surface area contributed by atoms with Crippen molar-refractivity contribution in [3.8, 4) is 23.0 Å². The first-order valence-corrected chi connectivity index (χ1v) is 4.80. The quantitative estimate of drug-likeness (QED) is 0.513. The van der Waals surface area contributed by atoms with Crippen LogP contribution in [0.3, 0.4) is 0 Å². The molecule has 0 heterocycles. The van der Waals surface area contributed by atoms with Crippen molar-refractivity contribution in [3.63, 3.8) is 0 Å². The first-order valence-electron chi connectivity index (χ1n) is 4.80. The summed E-state index contributed by atoms with van der Waals surface area (Å²) >= 11 is 0. The summed E-state index contributed by atoms with van der Waals surface area (Å²) < 4.78 is 0. The maximum Gasteiger partial charge on any atom is 0.201 e. The molecule has 0 amide bonds. The number of hydrogen-bond donors (Lipinski definition) is 4. The summed E-state index contributed by atoms with van der Waals surface area (Å²) in [5.74, 6) is -1.21. The SMILES string of the molecule is Cc1c(O)c(O)c(O)c2c(C)cc(O)cc12. The molecule has 0 unspecified atom stereocenters. The monoisotopic (exact) mass is 220 g/mol. The maximum absolute atomic E-state index is 9.74. The van der Waals surface area contributed by atoms with Gasteiger partial charge in [-0.3, -0.25) is 0 Å². The van der Waals surface area contributed by atoms with Crippen LogP contribution in [0.5, 0.6) is 23.0 Å². The van der Waals surface area contributed by atoms with Crippen LogP contribution in [0.15, 0.2) is 12.1 Å². The van der Waals surface area contributed by atoms with Crippen LogP contribution in [0.1, 0.15) is 11.1 Å². The van der Waals surface area contributed by atoms with Crippen LogP contribution >= 0.6 is 0 Å². The molecule has 0 bridgehead atoms. The summed E-state index contributed by atoms with van der Waals surface area (Å²) in [6.07, 6.45) is 0. The zero-order valence-corrected chi connectivity index (χ0v) is 8.94. The van der Waals surface area contributed by atoms with Crippen molar-refractivity contribution in [2.24, 2.45) is 0 Å². The number of aryl methyl sites for hydroxylation is 2. The van der Waals surface area contributed by atoms with Crippen LogP contribution in [0.4, 0.5) is 0 Å². The minimum Gasteiger partial charge on any atom is -0.508 e. The van der Waals surface area contributed by atoms with E-state index in [-0.39, 0.29) is 17.2 Å². The Hall–Kier alpha value is -2.10. The van der Waals surface area contributed by atoms with Gasteiger partial charge in [-0.25, -0.2) is 0 Å². The fourth-order valence-electron chi connectivity index (χ4n) is 1.91. The molecule has 16 heavy (non-hydrogen) atoms. The van der Waals surface area contributed by atoms with Gasteiger partial charge < -0.3 is 20.4 Å². The van der Waals surface area contributed by atoms with E-state index in [1.165, 1.54) is 12.1 Å². The number of phenols is 4. The lowest BCUT2D eigenvalue weighted by atomic mass is 9.98. The second-order valence-corrected chi connectivity index (χ2v) is 3.86. The van der Waals surface area contributed by atoms with E-state index in [4.69, 9.17) is 0 Å². The third-order valence-electron chi connectivity index (χ3n) is 2.76. The Morgan fingerprint density at radius 2 is 1.44 bits per heavy atom. The Morgan fingerprint density at radius 3 is 2.06 bits per heavy atom. The summed E-state index contributed by atoms with van der Waals surface area (Å²) in [5, 5.41) is 39.3. The molecule has 2 aromatic carbocycles. The largest absolute Gasteiger partial charge is 0.508 e. The van der Waals surface area contributed by atoms with E-state index in [0.29, 0.717) is 21.9 Å². The first kappa shape index (κ1) is 10.4. The zero-order chi connectivity index (χ0) is 12.0. The lowest BCUT2D eigenvalue weighted by Crippen LogP contribution is -1.86. The number of phenolic OH excluding ortho intramolecular Hbond substituents is 4. The van der Waals surface area contributed by atoms with E-state index in [2.05, 4.69) is 0 Å². The average Bonchev–Trinajstić information content (AvgIpc) is 2.22. The Morgan fingerprint density at radius 1 is 0.812 bits per heavy atom. The predicted molar refractivity (Wildman–Crippen MR) is 60.1 cm³/mol. The molecule has 0 radical (unpaired) electrons. The van der Waals surface area contributed by atoms with Gasteiger partial charge in [0.2, 0.25) is 5.75 Å². The van der Waals surface area contributed by atoms with Crippen LogP contribution < -0.4 is 0 Å². The molecule has 0 spiro atoms. The highest BCUT2D eigenvalue weighted by molar-refractivity contribution is 5.98. The number of rotatable bonds is 0. The smallest absolute Gasteiger partial charge is 0.201 e. The number of fused-ring (bicyclic) bond motifs is 1. The first-order chi connectivity index (χ1) is 7.43. The Kier molecular flexibility index (Phi) is 2.08. The second kappa shape index (κ2) is 3.20. The molecule has 4 nitrogen and oxygen atoms in total. The standard InChI is InChI=1S/C12H12O4/c1-5-3-7(13)4-8-6(2)10(14)12(16)11(15)9(5)8/h3-4,13-16H,1-2H3. The molecule has 0 aliphatic carbocycles. The topological polar surface area (TPSA) is 80.9 Å². The molecule has 4 heteroatoms. The second-order valence-electron chi connectivity index (χ2n) is 3.86. The molecule has 0 aliphatic rings. The van der Waals surface area contributed by atoms with Gasteiger partial charge in [0.05, 0.1) is 0 Å². The van der Waals surface area contributed by atoms with Gasteiger partial charge in [0.1, 0.15) is 5.75 Å². The fraction of sp³-hybridized carbons (Fsp3) is 0.167. The lowest BCUT2D eigenvalue weighted by Gasteiger charge is -2.12. The molecule has 2 aromatic rings. The molecule has 0 saturated heterocycles. The van der Waals surface area contributed by atoms with Crippen molar-refractivity contribution >= 4 is 10.8 Å². The minimum absolute atomic E-state index is 0.0533. The van der Waals surface area contributed by atoms with Crippen molar-refractivity contribution < 1.29 is 20.4 Å². The van der Waals surface area contributed by atoms with Crippen LogP contribution in [0.2, 0.25) is 0 Å². The van der Waals surface area contributed by atoms with Gasteiger partial charge in [0.15, 0.2) is 11.5 Å². The van der Waals surface area contributed by atoms with Crippen LogP contribution in [-0.2, 0) is 0 Å². The van der Waals surface area contributed by atoms with Gasteiger partial charge in [-0.1, -0.05) is 0 Å². The van der Waals surface area contributed by atoms with Gasteiger partial charge in [-0.05, 0) is 36.9 Å². The van der Waals surface area contributed by atoms with E-state index >= 15 is 0 Å². The summed E-state index contributed by atoms with van der Waals surface area (Å²) in [5.41, 5.74) is 1.05. The van der Waals surface area contributed by atoms with Crippen LogP contribution in [-0.4, -0.2) is 20.4 Å². The molecular weight excluding hydrogens is 208 g/mol. The van der Waals surface area contributed by atoms with Crippen molar-refractivity contribution in [1.82, 2.24) is 0 Å². The Labute approximate surface area is 92.0 Å². The highest BCUT2D eigenvalue weighted by Crippen LogP contribution is 2.46. The van der Waals surface area contributed by atoms with Gasteiger partial charge in [-0.15, -0.1) is 0 Å². The summed E-state index contributed by atoms with van der Waals surface area (Å²) in [6.45, 7) is 3.31. The predicted octanol–water partition coefficient (Wildman–Crippen LogP) is 2.28. The molecule has 84 valence electrons. The maximum atomic E-state index is 9.74. The molecule has 0 aromatic heterocycles. The fourth-order valence-corrected chi connectivity index (χ4v) is 1.91. The Bertz CT molecular complexity index is 588. The van der Waals surface area contributed by atoms with Gasteiger partial charge in [0.25, 0.3) is 0 Å². The van der Waals surface area contributed by atoms with E-state index in [1.54, 1.807) is 13.8 Å². The highest BCUT2D eigenvalue weighted by Gasteiger charge is 2.17. The summed E-state index contributed by atoms with van der Waals surface area (Å²) in [6, 6.07) is 2.93. The van der Waals surface area contributed by atoms with Gasteiger partial charge in [0, 0.05) is 10.9 Å². The Balaban J connectivity index is 3.08. The van der Waals surface area contributed by atoms with Gasteiger partial charge in [-0.2, -0.15) is 0 Å². The summed E-state index contributed by atoms with van der Waals surface area (Å²) in [4.78, 5) is 0. The van der Waals surface area contributed by atoms with E-state index in [1.807, 2.05) is 0 Å². The molecule has 0 saturated carbocycles. The van der Waals surface area contributed by atoms with Gasteiger partial charge >= 0.3 is 0 Å². The van der Waals surface area contributed by atoms with Crippen molar-refractivity contribution in [2.75, 3.05) is 0 Å². The zero-order valence-electron chi connectivity index (χ0n) is 8.94. The van der Waals surface area contributed by atoms with Crippen molar-refractivity contribution in [2.45, 2.75) is 13.8 Å². The van der Waals surface area contributed by atoms with E-state index in [0.717, 1.165) is 0 Å². The highest BCUT2D eigenvalue weighted by atomic mass is 16.3. The lowest BCUT2D eigenvalue weighted by molar-refractivity contribution is 0.369. The number of benzene rings is 2. The average molecular weight is 220 g/mol. The molecule has 2 rings (SSSR count). The third kappa shape index (κ3) is 1.23. The van der Waals surface area contributed by atoms with Crippen LogP contribution in [0, 0.1) is 13.8 Å². The normalized spacial score (nSPS) is 10.9. The number of aromatic hydroxyl groups is 4. The van der Waals surface area contributed by atoms with E-state index in [9.17, 15) is 20.4 Å². The van der Waals surface area contributed by atoms with Crippen LogP contribution in [0.25, 0.3) is 10.8 Å².